The second-order valence-corrected chi connectivity index (χ2v) is 12.8. The van der Waals surface area contributed by atoms with E-state index in [1.807, 2.05) is 6.92 Å². The maximum Gasteiger partial charge on any atom is 0.144 e. The molecule has 0 spiro atoms. The lowest BCUT2D eigenvalue weighted by molar-refractivity contribution is -0.251. The van der Waals surface area contributed by atoms with Crippen LogP contribution in [-0.2, 0) is 4.79 Å². The van der Waals surface area contributed by atoms with Crippen LogP contribution in [-0.4, -0.2) is 38.9 Å². The summed E-state index contributed by atoms with van der Waals surface area (Å²) in [6.45, 7) is 11.5. The third kappa shape index (κ3) is 3.46. The van der Waals surface area contributed by atoms with Crippen molar-refractivity contribution in [2.45, 2.75) is 117 Å². The minimum Gasteiger partial charge on any atom is -0.393 e. The normalized spacial score (nSPS) is 50.7. The van der Waals surface area contributed by atoms with Gasteiger partial charge in [-0.15, -0.1) is 0 Å². The molecule has 0 bridgehead atoms. The van der Waals surface area contributed by atoms with E-state index in [4.69, 9.17) is 0 Å². The van der Waals surface area contributed by atoms with E-state index in [0.29, 0.717) is 18.3 Å². The summed E-state index contributed by atoms with van der Waals surface area (Å²) in [5, 5.41) is 32.9. The maximum atomic E-state index is 13.3. The summed E-state index contributed by atoms with van der Waals surface area (Å²) in [5.41, 5.74) is -2.14. The lowest BCUT2D eigenvalue weighted by Crippen LogP contribution is -2.71. The molecule has 4 fully saturated rings. The first-order chi connectivity index (χ1) is 14.4. The molecule has 4 heteroatoms. The highest BCUT2D eigenvalue weighted by Gasteiger charge is 2.70. The number of ketones is 1. The van der Waals surface area contributed by atoms with Crippen LogP contribution in [0.25, 0.3) is 0 Å². The Kier molecular flexibility index (Phi) is 6.19. The Morgan fingerprint density at radius 1 is 1.03 bits per heavy atom. The summed E-state index contributed by atoms with van der Waals surface area (Å²) >= 11 is 0. The number of Topliss-reactive ketones (excluding diaryl/α,β-unsaturated/α-hetero) is 1. The number of hydrogen-bond acceptors (Lipinski definition) is 4. The van der Waals surface area contributed by atoms with E-state index in [1.54, 1.807) is 0 Å². The highest BCUT2D eigenvalue weighted by molar-refractivity contribution is 5.88. The van der Waals surface area contributed by atoms with Gasteiger partial charge in [0.1, 0.15) is 11.4 Å². The van der Waals surface area contributed by atoms with Crippen molar-refractivity contribution in [2.24, 2.45) is 46.3 Å². The van der Waals surface area contributed by atoms with Crippen LogP contribution in [0.5, 0.6) is 0 Å². The molecule has 4 saturated carbocycles. The number of aliphatic hydroxyl groups is 3. The van der Waals surface area contributed by atoms with Gasteiger partial charge in [0.15, 0.2) is 0 Å². The molecule has 0 aromatic rings. The SMILES string of the molecule is CC(C)CCC[C@@H](C)[C@H]1CC[C@H]2[C@@H]3CC(O)C4(O)CC(O)CC(=O)[C@]4(C)[C@H]3CC[C@]12C. The molecule has 31 heavy (non-hydrogen) atoms. The average molecular weight is 435 g/mol. The molecule has 0 amide bonds. The Labute approximate surface area is 189 Å². The molecule has 3 unspecified atom stereocenters. The average Bonchev–Trinajstić information content (AvgIpc) is 3.02. The smallest absolute Gasteiger partial charge is 0.144 e. The fraction of sp³-hybridized carbons (Fsp3) is 0.963. The largest absolute Gasteiger partial charge is 0.393 e. The van der Waals surface area contributed by atoms with Gasteiger partial charge in [-0.05, 0) is 80.0 Å². The molecule has 178 valence electrons. The number of aliphatic hydroxyl groups excluding tert-OH is 2. The van der Waals surface area contributed by atoms with Gasteiger partial charge in [0.2, 0.25) is 0 Å². The molecule has 0 heterocycles. The summed E-state index contributed by atoms with van der Waals surface area (Å²) in [4.78, 5) is 13.3. The van der Waals surface area contributed by atoms with Gasteiger partial charge in [-0.3, -0.25) is 4.79 Å². The molecule has 10 atom stereocenters. The van der Waals surface area contributed by atoms with Crippen LogP contribution in [0.1, 0.15) is 98.8 Å². The molecule has 0 saturated heterocycles. The first kappa shape index (κ1) is 23.7. The van der Waals surface area contributed by atoms with E-state index in [9.17, 15) is 20.1 Å². The summed E-state index contributed by atoms with van der Waals surface area (Å²) < 4.78 is 0. The van der Waals surface area contributed by atoms with Gasteiger partial charge in [-0.2, -0.15) is 0 Å². The zero-order valence-electron chi connectivity index (χ0n) is 20.4. The fourth-order valence-electron chi connectivity index (χ4n) is 9.13. The zero-order chi connectivity index (χ0) is 22.8. The third-order valence-corrected chi connectivity index (χ3v) is 10.9. The summed E-state index contributed by atoms with van der Waals surface area (Å²) in [6, 6.07) is 0. The van der Waals surface area contributed by atoms with Crippen molar-refractivity contribution < 1.29 is 20.1 Å². The van der Waals surface area contributed by atoms with E-state index in [2.05, 4.69) is 27.7 Å². The van der Waals surface area contributed by atoms with Crippen LogP contribution in [0.15, 0.2) is 0 Å². The van der Waals surface area contributed by atoms with Crippen LogP contribution in [0.4, 0.5) is 0 Å². The van der Waals surface area contributed by atoms with Crippen LogP contribution in [0.2, 0.25) is 0 Å². The maximum absolute atomic E-state index is 13.3. The van der Waals surface area contributed by atoms with Gasteiger partial charge in [0.25, 0.3) is 0 Å². The molecular formula is C27H46O4. The van der Waals surface area contributed by atoms with Crippen LogP contribution in [0, 0.1) is 46.3 Å². The Balaban J connectivity index is 1.57. The zero-order valence-corrected chi connectivity index (χ0v) is 20.4. The fourth-order valence-corrected chi connectivity index (χ4v) is 9.13. The van der Waals surface area contributed by atoms with Crippen LogP contribution >= 0.6 is 0 Å². The first-order valence-corrected chi connectivity index (χ1v) is 13.1. The third-order valence-electron chi connectivity index (χ3n) is 10.9. The number of carbonyl (C=O) groups is 1. The van der Waals surface area contributed by atoms with Crippen molar-refractivity contribution in [1.29, 1.82) is 0 Å². The highest BCUT2D eigenvalue weighted by Crippen LogP contribution is 2.68. The van der Waals surface area contributed by atoms with Crippen molar-refractivity contribution in [1.82, 2.24) is 0 Å². The monoisotopic (exact) mass is 434 g/mol. The first-order valence-electron chi connectivity index (χ1n) is 13.1. The van der Waals surface area contributed by atoms with Gasteiger partial charge in [0, 0.05) is 12.8 Å². The lowest BCUT2D eigenvalue weighted by atomic mass is 9.42. The molecule has 4 aliphatic rings. The summed E-state index contributed by atoms with van der Waals surface area (Å²) in [6.07, 6.45) is 7.49. The Morgan fingerprint density at radius 2 is 1.74 bits per heavy atom. The van der Waals surface area contributed by atoms with Crippen LogP contribution < -0.4 is 0 Å². The van der Waals surface area contributed by atoms with E-state index in [1.165, 1.54) is 32.1 Å². The van der Waals surface area contributed by atoms with Gasteiger partial charge in [0.05, 0.1) is 17.6 Å². The minimum atomic E-state index is -1.49. The van der Waals surface area contributed by atoms with Gasteiger partial charge >= 0.3 is 0 Å². The summed E-state index contributed by atoms with van der Waals surface area (Å²) in [5.74, 6) is 3.12. The predicted molar refractivity (Wildman–Crippen MR) is 122 cm³/mol. The van der Waals surface area contributed by atoms with Crippen molar-refractivity contribution in [3.05, 3.63) is 0 Å². The predicted octanol–water partition coefficient (Wildman–Crippen LogP) is 4.73. The van der Waals surface area contributed by atoms with Crippen molar-refractivity contribution in [3.63, 3.8) is 0 Å². The molecule has 4 rings (SSSR count). The molecule has 0 aliphatic heterocycles. The number of hydrogen-bond donors (Lipinski definition) is 3. The van der Waals surface area contributed by atoms with Gasteiger partial charge < -0.3 is 15.3 Å². The Hall–Kier alpha value is -0.450. The van der Waals surface area contributed by atoms with E-state index in [0.717, 1.165) is 30.6 Å². The second-order valence-electron chi connectivity index (χ2n) is 12.8. The molecule has 0 aromatic heterocycles. The highest BCUT2D eigenvalue weighted by atomic mass is 16.3. The number of fused-ring (bicyclic) bond motifs is 5. The van der Waals surface area contributed by atoms with E-state index in [-0.39, 0.29) is 30.0 Å². The van der Waals surface area contributed by atoms with Crippen molar-refractivity contribution in [2.75, 3.05) is 0 Å². The molecule has 0 aromatic carbocycles. The molecule has 3 N–H and O–H groups in total. The Morgan fingerprint density at radius 3 is 2.42 bits per heavy atom. The van der Waals surface area contributed by atoms with Crippen molar-refractivity contribution in [3.8, 4) is 0 Å². The second kappa shape index (κ2) is 8.09. The van der Waals surface area contributed by atoms with Gasteiger partial charge in [-0.25, -0.2) is 0 Å². The molecule has 4 aliphatic carbocycles. The Bertz CT molecular complexity index is 691. The number of rotatable bonds is 5. The van der Waals surface area contributed by atoms with Crippen molar-refractivity contribution >= 4 is 5.78 Å². The number of carbonyl (C=O) groups excluding carboxylic acids is 1. The topological polar surface area (TPSA) is 77.8 Å². The van der Waals surface area contributed by atoms with E-state index >= 15 is 0 Å². The molecule has 4 nitrogen and oxygen atoms in total. The van der Waals surface area contributed by atoms with Gasteiger partial charge in [-0.1, -0.05) is 47.0 Å². The van der Waals surface area contributed by atoms with Crippen LogP contribution in [0.3, 0.4) is 0 Å². The molecular weight excluding hydrogens is 388 g/mol. The standard InChI is InChI=1S/C27H46O4/c1-16(2)7-6-8-17(3)20-9-10-21-19-14-24(30)27(31)15-18(28)13-23(29)26(27,5)22(19)11-12-25(20,21)4/h16-22,24,28,30-31H,6-15H2,1-5H3/t17-,18?,19+,20-,21+,22+,24?,25-,26+,27?/m1/s1. The lowest BCUT2D eigenvalue weighted by Gasteiger charge is -2.64. The van der Waals surface area contributed by atoms with E-state index < -0.39 is 23.2 Å². The molecule has 0 radical (unpaired) electrons. The summed E-state index contributed by atoms with van der Waals surface area (Å²) in [7, 11) is 0. The quantitative estimate of drug-likeness (QED) is 0.584. The minimum absolute atomic E-state index is 0.0392.